The molecule has 0 N–H and O–H groups in total. The molecule has 1 heterocycles. The van der Waals surface area contributed by atoms with Gasteiger partial charge in [0.25, 0.3) is 6.43 Å². The summed E-state index contributed by atoms with van der Waals surface area (Å²) in [5.74, 6) is -2.01. The van der Waals surface area contributed by atoms with Gasteiger partial charge in [-0.1, -0.05) is 0 Å². The van der Waals surface area contributed by atoms with Crippen molar-refractivity contribution >= 4 is 17.6 Å². The van der Waals surface area contributed by atoms with Crippen molar-refractivity contribution < 1.29 is 22.7 Å². The molecule has 0 bridgehead atoms. The quantitative estimate of drug-likeness (QED) is 0.615. The first kappa shape index (κ1) is 14.8. The zero-order chi connectivity index (χ0) is 13.7. The third-order valence-corrected chi connectivity index (χ3v) is 2.47. The van der Waals surface area contributed by atoms with Crippen molar-refractivity contribution in [3.05, 3.63) is 28.8 Å². The van der Waals surface area contributed by atoms with Crippen LogP contribution < -0.4 is 0 Å². The van der Waals surface area contributed by atoms with Gasteiger partial charge in [-0.3, -0.25) is 9.78 Å². The minimum absolute atomic E-state index is 0.0951. The molecule has 18 heavy (non-hydrogen) atoms. The van der Waals surface area contributed by atoms with E-state index in [-0.39, 0.29) is 18.2 Å². The van der Waals surface area contributed by atoms with E-state index >= 15 is 0 Å². The Kier molecular flexibility index (Phi) is 5.40. The molecule has 0 unspecified atom stereocenters. The largest absolute Gasteiger partial charge is 0.466 e. The Bertz CT molecular complexity index is 441. The zero-order valence-corrected chi connectivity index (χ0v) is 10.3. The van der Waals surface area contributed by atoms with Gasteiger partial charge in [-0.25, -0.2) is 13.2 Å². The van der Waals surface area contributed by atoms with Gasteiger partial charge in [-0.15, -0.1) is 11.6 Å². The maximum atomic E-state index is 13.8. The van der Waals surface area contributed by atoms with Crippen LogP contribution in [0.2, 0.25) is 0 Å². The molecule has 1 rings (SSSR count). The topological polar surface area (TPSA) is 39.2 Å². The molecule has 3 nitrogen and oxygen atoms in total. The monoisotopic (exact) mass is 281 g/mol. The predicted molar refractivity (Wildman–Crippen MR) is 59.0 cm³/mol. The summed E-state index contributed by atoms with van der Waals surface area (Å²) in [5, 5.41) is 0. The predicted octanol–water partition coefficient (Wildman–Crippen LogP) is 3.00. The van der Waals surface area contributed by atoms with E-state index in [1.165, 1.54) is 0 Å². The molecule has 0 spiro atoms. The van der Waals surface area contributed by atoms with Crippen LogP contribution >= 0.6 is 11.6 Å². The van der Waals surface area contributed by atoms with Gasteiger partial charge >= 0.3 is 5.97 Å². The second-order valence-corrected chi connectivity index (χ2v) is 3.64. The normalized spacial score (nSPS) is 10.8. The number of carbonyl (C=O) groups excluding carboxylic acids is 1. The molecule has 0 radical (unpaired) electrons. The third-order valence-electron chi connectivity index (χ3n) is 2.21. The number of rotatable bonds is 5. The number of hydrogen-bond donors (Lipinski definition) is 0. The summed E-state index contributed by atoms with van der Waals surface area (Å²) in [6.07, 6.45) is -2.65. The Morgan fingerprint density at radius 2 is 2.22 bits per heavy atom. The van der Waals surface area contributed by atoms with Crippen LogP contribution in [0.1, 0.15) is 30.2 Å². The number of halogens is 4. The molecule has 1 aromatic rings. The number of alkyl halides is 3. The van der Waals surface area contributed by atoms with Crippen LogP contribution in [-0.4, -0.2) is 17.6 Å². The second-order valence-electron chi connectivity index (χ2n) is 3.37. The maximum Gasteiger partial charge on any atom is 0.310 e. The molecule has 0 saturated heterocycles. The average Bonchev–Trinajstić information content (AvgIpc) is 2.31. The van der Waals surface area contributed by atoms with Gasteiger partial charge < -0.3 is 4.74 Å². The molecule has 0 atom stereocenters. The first-order chi connectivity index (χ1) is 8.51. The lowest BCUT2D eigenvalue weighted by Gasteiger charge is -2.11. The van der Waals surface area contributed by atoms with Gasteiger partial charge in [0.05, 0.1) is 24.6 Å². The number of esters is 1. The summed E-state index contributed by atoms with van der Waals surface area (Å²) < 4.78 is 43.8. The summed E-state index contributed by atoms with van der Waals surface area (Å²) in [5.41, 5.74) is -1.19. The number of ether oxygens (including phenoxy) is 1. The molecular formula is C11H11ClF3NO2. The molecule has 7 heteroatoms. The summed E-state index contributed by atoms with van der Waals surface area (Å²) in [4.78, 5) is 14.7. The van der Waals surface area contributed by atoms with Crippen LogP contribution in [0.15, 0.2) is 6.20 Å². The molecule has 0 aliphatic carbocycles. The number of pyridine rings is 1. The van der Waals surface area contributed by atoms with Crippen LogP contribution in [-0.2, 0) is 21.8 Å². The molecule has 100 valence electrons. The Labute approximate surface area is 107 Å². The van der Waals surface area contributed by atoms with E-state index in [0.29, 0.717) is 0 Å². The van der Waals surface area contributed by atoms with E-state index in [1.807, 2.05) is 0 Å². The molecule has 0 aliphatic heterocycles. The number of hydrogen-bond acceptors (Lipinski definition) is 3. The summed E-state index contributed by atoms with van der Waals surface area (Å²) in [6, 6.07) is 0. The van der Waals surface area contributed by atoms with Gasteiger partial charge in [-0.05, 0) is 6.92 Å². The van der Waals surface area contributed by atoms with Crippen molar-refractivity contribution in [1.29, 1.82) is 0 Å². The highest BCUT2D eigenvalue weighted by atomic mass is 35.5. The van der Waals surface area contributed by atoms with E-state index in [0.717, 1.165) is 6.20 Å². The van der Waals surface area contributed by atoms with Gasteiger partial charge in [0.15, 0.2) is 0 Å². The van der Waals surface area contributed by atoms with Crippen molar-refractivity contribution in [2.45, 2.75) is 25.7 Å². The smallest absolute Gasteiger partial charge is 0.310 e. The molecule has 0 fully saturated rings. The third kappa shape index (κ3) is 3.35. The minimum Gasteiger partial charge on any atom is -0.466 e. The number of carbonyl (C=O) groups is 1. The van der Waals surface area contributed by atoms with E-state index in [4.69, 9.17) is 11.6 Å². The van der Waals surface area contributed by atoms with Crippen LogP contribution in [0.5, 0.6) is 0 Å². The first-order valence-corrected chi connectivity index (χ1v) is 5.70. The maximum absolute atomic E-state index is 13.8. The lowest BCUT2D eigenvalue weighted by Crippen LogP contribution is -2.13. The number of nitrogens with zero attached hydrogens (tertiary/aromatic N) is 1. The van der Waals surface area contributed by atoms with E-state index < -0.39 is 35.8 Å². The zero-order valence-electron chi connectivity index (χ0n) is 9.55. The van der Waals surface area contributed by atoms with Crippen LogP contribution in [0, 0.1) is 5.82 Å². The van der Waals surface area contributed by atoms with Gasteiger partial charge in [0.1, 0.15) is 5.82 Å². The average molecular weight is 282 g/mol. The summed E-state index contributed by atoms with van der Waals surface area (Å²) in [7, 11) is 0. The van der Waals surface area contributed by atoms with E-state index in [1.54, 1.807) is 6.92 Å². The van der Waals surface area contributed by atoms with Crippen LogP contribution in [0.3, 0.4) is 0 Å². The second kappa shape index (κ2) is 6.58. The van der Waals surface area contributed by atoms with Crippen molar-refractivity contribution in [2.75, 3.05) is 6.61 Å². The molecule has 0 aliphatic rings. The SMILES string of the molecule is CCOC(=O)Cc1c(C(F)F)cnc(CCl)c1F. The summed E-state index contributed by atoms with van der Waals surface area (Å²) >= 11 is 5.43. The van der Waals surface area contributed by atoms with E-state index in [2.05, 4.69) is 9.72 Å². The van der Waals surface area contributed by atoms with Gasteiger partial charge in [0, 0.05) is 17.3 Å². The standard InChI is InChI=1S/C11H11ClF3NO2/c1-2-18-9(17)3-6-7(11(14)15)5-16-8(4-12)10(6)13/h5,11H,2-4H2,1H3. The molecule has 0 amide bonds. The van der Waals surface area contributed by atoms with Gasteiger partial charge in [0.2, 0.25) is 0 Å². The molecule has 1 aromatic heterocycles. The lowest BCUT2D eigenvalue weighted by atomic mass is 10.1. The fourth-order valence-electron chi connectivity index (χ4n) is 1.40. The Balaban J connectivity index is 3.15. The number of aromatic nitrogens is 1. The highest BCUT2D eigenvalue weighted by molar-refractivity contribution is 6.16. The van der Waals surface area contributed by atoms with Crippen molar-refractivity contribution in [1.82, 2.24) is 4.98 Å². The first-order valence-electron chi connectivity index (χ1n) is 5.17. The Hall–Kier alpha value is -1.30. The van der Waals surface area contributed by atoms with Gasteiger partial charge in [-0.2, -0.15) is 0 Å². The van der Waals surface area contributed by atoms with E-state index in [9.17, 15) is 18.0 Å². The highest BCUT2D eigenvalue weighted by Gasteiger charge is 2.22. The van der Waals surface area contributed by atoms with Crippen molar-refractivity contribution in [3.8, 4) is 0 Å². The molecule has 0 aromatic carbocycles. The Morgan fingerprint density at radius 1 is 1.56 bits per heavy atom. The highest BCUT2D eigenvalue weighted by Crippen LogP contribution is 2.26. The fraction of sp³-hybridized carbons (Fsp3) is 0.455. The van der Waals surface area contributed by atoms with Crippen LogP contribution in [0.4, 0.5) is 13.2 Å². The fourth-order valence-corrected chi connectivity index (χ4v) is 1.59. The Morgan fingerprint density at radius 3 is 2.72 bits per heavy atom. The minimum atomic E-state index is -2.92. The molecule has 0 saturated carbocycles. The molecular weight excluding hydrogens is 271 g/mol. The lowest BCUT2D eigenvalue weighted by molar-refractivity contribution is -0.142. The van der Waals surface area contributed by atoms with Crippen LogP contribution in [0.25, 0.3) is 0 Å². The van der Waals surface area contributed by atoms with Crippen molar-refractivity contribution in [2.24, 2.45) is 0 Å². The summed E-state index contributed by atoms with van der Waals surface area (Å²) in [6.45, 7) is 1.66. The van der Waals surface area contributed by atoms with Crippen molar-refractivity contribution in [3.63, 3.8) is 0 Å².